The molecule has 2 aromatic heterocycles. The SMILES string of the molecule is Cn1cc(C2CNCCN2c2ccn[nH]2)cn1. The number of aromatic amines is 1. The zero-order valence-electron chi connectivity index (χ0n) is 9.80. The summed E-state index contributed by atoms with van der Waals surface area (Å²) < 4.78 is 1.84. The molecule has 6 nitrogen and oxygen atoms in total. The second-order valence-electron chi connectivity index (χ2n) is 4.30. The molecule has 3 heterocycles. The summed E-state index contributed by atoms with van der Waals surface area (Å²) in [5.41, 5.74) is 1.23. The van der Waals surface area contributed by atoms with E-state index in [2.05, 4.69) is 31.7 Å². The molecule has 0 saturated carbocycles. The summed E-state index contributed by atoms with van der Waals surface area (Å²) in [4.78, 5) is 2.33. The van der Waals surface area contributed by atoms with Gasteiger partial charge in [-0.2, -0.15) is 10.2 Å². The third kappa shape index (κ3) is 1.91. The minimum Gasteiger partial charge on any atom is -0.347 e. The molecule has 1 aliphatic rings. The van der Waals surface area contributed by atoms with Crippen LogP contribution in [0.5, 0.6) is 0 Å². The van der Waals surface area contributed by atoms with E-state index >= 15 is 0 Å². The summed E-state index contributed by atoms with van der Waals surface area (Å²) >= 11 is 0. The molecular formula is C11H16N6. The van der Waals surface area contributed by atoms with E-state index in [4.69, 9.17) is 0 Å². The highest BCUT2D eigenvalue weighted by Crippen LogP contribution is 2.26. The van der Waals surface area contributed by atoms with Crippen LogP contribution >= 0.6 is 0 Å². The van der Waals surface area contributed by atoms with Gasteiger partial charge in [-0.05, 0) is 0 Å². The topological polar surface area (TPSA) is 61.8 Å². The maximum atomic E-state index is 4.24. The van der Waals surface area contributed by atoms with E-state index in [0.29, 0.717) is 6.04 Å². The lowest BCUT2D eigenvalue weighted by Gasteiger charge is -2.36. The van der Waals surface area contributed by atoms with Gasteiger partial charge in [-0.1, -0.05) is 0 Å². The first-order valence-corrected chi connectivity index (χ1v) is 5.80. The van der Waals surface area contributed by atoms with E-state index in [9.17, 15) is 0 Å². The van der Waals surface area contributed by atoms with Crippen LogP contribution in [0.25, 0.3) is 0 Å². The van der Waals surface area contributed by atoms with E-state index in [1.54, 1.807) is 6.20 Å². The van der Waals surface area contributed by atoms with E-state index in [1.807, 2.05) is 24.0 Å². The van der Waals surface area contributed by atoms with Gasteiger partial charge in [-0.25, -0.2) is 0 Å². The van der Waals surface area contributed by atoms with Crippen molar-refractivity contribution < 1.29 is 0 Å². The Labute approximate surface area is 99.6 Å². The lowest BCUT2D eigenvalue weighted by Crippen LogP contribution is -2.46. The van der Waals surface area contributed by atoms with Crippen LogP contribution in [-0.4, -0.2) is 39.6 Å². The Morgan fingerprint density at radius 1 is 1.47 bits per heavy atom. The third-order valence-corrected chi connectivity index (χ3v) is 3.15. The van der Waals surface area contributed by atoms with E-state index in [1.165, 1.54) is 5.56 Å². The van der Waals surface area contributed by atoms with Crippen molar-refractivity contribution in [3.05, 3.63) is 30.2 Å². The zero-order chi connectivity index (χ0) is 11.7. The Morgan fingerprint density at radius 3 is 3.12 bits per heavy atom. The molecule has 2 aromatic rings. The summed E-state index contributed by atoms with van der Waals surface area (Å²) in [6.45, 7) is 2.91. The molecule has 0 spiro atoms. The first-order valence-electron chi connectivity index (χ1n) is 5.80. The zero-order valence-corrected chi connectivity index (χ0v) is 9.80. The first-order chi connectivity index (χ1) is 8.34. The van der Waals surface area contributed by atoms with Gasteiger partial charge in [0.2, 0.25) is 0 Å². The molecular weight excluding hydrogens is 216 g/mol. The number of hydrogen-bond donors (Lipinski definition) is 2. The van der Waals surface area contributed by atoms with Gasteiger partial charge in [0.15, 0.2) is 0 Å². The summed E-state index contributed by atoms with van der Waals surface area (Å²) in [6.07, 6.45) is 5.79. The minimum absolute atomic E-state index is 0.317. The van der Waals surface area contributed by atoms with Crippen molar-refractivity contribution in [3.63, 3.8) is 0 Å². The predicted octanol–water partition coefficient (Wildman–Crippen LogP) is 0.294. The van der Waals surface area contributed by atoms with Crippen LogP contribution < -0.4 is 10.2 Å². The van der Waals surface area contributed by atoms with Gasteiger partial charge in [-0.15, -0.1) is 0 Å². The molecule has 6 heteroatoms. The molecule has 17 heavy (non-hydrogen) atoms. The Bertz CT molecular complexity index is 474. The van der Waals surface area contributed by atoms with Gasteiger partial charge in [0.05, 0.1) is 18.4 Å². The van der Waals surface area contributed by atoms with Crippen molar-refractivity contribution in [1.29, 1.82) is 0 Å². The molecule has 0 radical (unpaired) electrons. The standard InChI is InChI=1S/C11H16N6/c1-16-8-9(6-14-16)10-7-12-4-5-17(10)11-2-3-13-15-11/h2-3,6,8,10,12H,4-5,7H2,1H3,(H,13,15). The number of rotatable bonds is 2. The number of anilines is 1. The maximum absolute atomic E-state index is 4.24. The Hall–Kier alpha value is -1.82. The van der Waals surface area contributed by atoms with Gasteiger partial charge in [0.1, 0.15) is 5.82 Å². The number of hydrogen-bond acceptors (Lipinski definition) is 4. The van der Waals surface area contributed by atoms with E-state index in [-0.39, 0.29) is 0 Å². The number of aromatic nitrogens is 4. The van der Waals surface area contributed by atoms with Crippen molar-refractivity contribution >= 4 is 5.82 Å². The van der Waals surface area contributed by atoms with Gasteiger partial charge in [0, 0.05) is 44.5 Å². The second-order valence-corrected chi connectivity index (χ2v) is 4.30. The lowest BCUT2D eigenvalue weighted by molar-refractivity contribution is 0.486. The highest BCUT2D eigenvalue weighted by atomic mass is 15.3. The van der Waals surface area contributed by atoms with Crippen molar-refractivity contribution in [2.45, 2.75) is 6.04 Å². The van der Waals surface area contributed by atoms with Crippen LogP contribution in [0.2, 0.25) is 0 Å². The average molecular weight is 232 g/mol. The molecule has 1 saturated heterocycles. The summed E-state index contributed by atoms with van der Waals surface area (Å²) in [6, 6.07) is 2.33. The fraction of sp³-hybridized carbons (Fsp3) is 0.455. The molecule has 0 aromatic carbocycles. The van der Waals surface area contributed by atoms with Crippen LogP contribution in [0.3, 0.4) is 0 Å². The molecule has 0 amide bonds. The summed E-state index contributed by atoms with van der Waals surface area (Å²) in [7, 11) is 1.94. The van der Waals surface area contributed by atoms with E-state index < -0.39 is 0 Å². The first kappa shape index (κ1) is 10.3. The largest absolute Gasteiger partial charge is 0.347 e. The van der Waals surface area contributed by atoms with Crippen LogP contribution in [0, 0.1) is 0 Å². The monoisotopic (exact) mass is 232 g/mol. The number of aryl methyl sites for hydroxylation is 1. The molecule has 90 valence electrons. The van der Waals surface area contributed by atoms with Crippen molar-refractivity contribution in [3.8, 4) is 0 Å². The van der Waals surface area contributed by atoms with Crippen molar-refractivity contribution in [2.24, 2.45) is 7.05 Å². The molecule has 1 atom stereocenters. The average Bonchev–Trinajstić information content (AvgIpc) is 3.00. The molecule has 0 bridgehead atoms. The number of nitrogens with zero attached hydrogens (tertiary/aromatic N) is 4. The van der Waals surface area contributed by atoms with Gasteiger partial charge >= 0.3 is 0 Å². The van der Waals surface area contributed by atoms with E-state index in [0.717, 1.165) is 25.5 Å². The fourth-order valence-corrected chi connectivity index (χ4v) is 2.31. The number of H-pyrrole nitrogens is 1. The molecule has 1 aliphatic heterocycles. The van der Waals surface area contributed by atoms with Crippen LogP contribution in [0.1, 0.15) is 11.6 Å². The smallest absolute Gasteiger partial charge is 0.124 e. The number of piperazine rings is 1. The maximum Gasteiger partial charge on any atom is 0.124 e. The van der Waals surface area contributed by atoms with Gasteiger partial charge in [-0.3, -0.25) is 9.78 Å². The molecule has 0 aliphatic carbocycles. The lowest BCUT2D eigenvalue weighted by atomic mass is 10.1. The molecule has 1 fully saturated rings. The summed E-state index contributed by atoms with van der Waals surface area (Å²) in [5, 5.41) is 14.7. The molecule has 2 N–H and O–H groups in total. The number of nitrogens with one attached hydrogen (secondary N) is 2. The van der Waals surface area contributed by atoms with Crippen molar-refractivity contribution in [1.82, 2.24) is 25.3 Å². The highest BCUT2D eigenvalue weighted by Gasteiger charge is 2.25. The highest BCUT2D eigenvalue weighted by molar-refractivity contribution is 5.41. The van der Waals surface area contributed by atoms with Gasteiger partial charge < -0.3 is 10.2 Å². The Kier molecular flexibility index (Phi) is 2.56. The van der Waals surface area contributed by atoms with Crippen LogP contribution in [-0.2, 0) is 7.05 Å². The van der Waals surface area contributed by atoms with Crippen LogP contribution in [0.4, 0.5) is 5.82 Å². The summed E-state index contributed by atoms with van der Waals surface area (Å²) in [5.74, 6) is 1.07. The third-order valence-electron chi connectivity index (χ3n) is 3.15. The van der Waals surface area contributed by atoms with Gasteiger partial charge in [0.25, 0.3) is 0 Å². The Balaban J connectivity index is 1.90. The second kappa shape index (κ2) is 4.21. The predicted molar refractivity (Wildman–Crippen MR) is 64.8 cm³/mol. The minimum atomic E-state index is 0.317. The molecule has 1 unspecified atom stereocenters. The quantitative estimate of drug-likeness (QED) is 0.781. The van der Waals surface area contributed by atoms with Crippen molar-refractivity contribution in [2.75, 3.05) is 24.5 Å². The Morgan fingerprint density at radius 2 is 2.41 bits per heavy atom. The van der Waals surface area contributed by atoms with Crippen LogP contribution in [0.15, 0.2) is 24.7 Å². The fourth-order valence-electron chi connectivity index (χ4n) is 2.31. The molecule has 3 rings (SSSR count). The normalized spacial score (nSPS) is 20.8.